The third kappa shape index (κ3) is 6.12. The van der Waals surface area contributed by atoms with E-state index in [2.05, 4.69) is 26.9 Å². The number of rotatable bonds is 9. The normalized spacial score (nSPS) is 24.1. The predicted molar refractivity (Wildman–Crippen MR) is 206 cm³/mol. The van der Waals surface area contributed by atoms with Crippen LogP contribution in [0, 0.1) is 63.9 Å². The minimum atomic E-state index is -0.843. The maximum absolute atomic E-state index is 17.4. The highest BCUT2D eigenvalue weighted by atomic mass is 19.1. The summed E-state index contributed by atoms with van der Waals surface area (Å²) < 4.78 is 44.7. The zero-order valence-corrected chi connectivity index (χ0v) is 32.1. The summed E-state index contributed by atoms with van der Waals surface area (Å²) in [5.41, 5.74) is -0.935. The average molecular weight is 762 g/mol. The largest absolute Gasteiger partial charge is 0.508 e. The SMILES string of the molecule is C#Cc1c(F)ccc2cc(O)cc(-c3nc(OC)c4c(N5CC6CCC(C5)N6C(=O)C(C#N)C(C)(C)C)nc(OCC5(CN6CC7CC7C6)CC5)nc4c3F)c12. The molecule has 1 N–H and O–H groups in total. The maximum atomic E-state index is 17.4. The molecular weight excluding hydrogens is 717 g/mol. The van der Waals surface area contributed by atoms with Crippen molar-refractivity contribution in [2.75, 3.05) is 51.3 Å². The second kappa shape index (κ2) is 13.2. The summed E-state index contributed by atoms with van der Waals surface area (Å²) in [7, 11) is 1.42. The van der Waals surface area contributed by atoms with Gasteiger partial charge in [0.2, 0.25) is 11.8 Å². The molecular formula is C43H45F2N7O4. The number of amides is 1. The van der Waals surface area contributed by atoms with Gasteiger partial charge in [-0.25, -0.2) is 13.8 Å². The standard InChI is InChI=1S/C43H45F2N7O4/c1-6-29-32(44)10-7-23-14-28(53)15-30(33(23)29)36-35(45)37-34(39(47-36)55-5)38(49-41(48-37)56-22-43(11-12-43)21-50-17-24-13-25(24)18-50)51-19-26-8-9-27(20-51)52(26)40(54)31(16-46)42(2,3)4/h1,7,10,14-15,24-27,31,53H,8-9,11-13,17-22H2,2-5H3. The molecule has 9 rings (SSSR count). The van der Waals surface area contributed by atoms with E-state index >= 15 is 8.78 Å². The van der Waals surface area contributed by atoms with E-state index in [9.17, 15) is 15.2 Å². The Morgan fingerprint density at radius 3 is 2.41 bits per heavy atom. The zero-order chi connectivity index (χ0) is 39.3. The van der Waals surface area contributed by atoms with Gasteiger partial charge in [0.15, 0.2) is 5.82 Å². The van der Waals surface area contributed by atoms with E-state index in [0.717, 1.165) is 57.2 Å². The second-order valence-corrected chi connectivity index (χ2v) is 17.7. The average Bonchev–Trinajstić information content (AvgIpc) is 4.05. The predicted octanol–water partition coefficient (Wildman–Crippen LogP) is 6.29. The van der Waals surface area contributed by atoms with Gasteiger partial charge in [0.25, 0.3) is 0 Å². The number of terminal acetylenes is 1. The Balaban J connectivity index is 1.15. The molecule has 0 radical (unpaired) electrons. The summed E-state index contributed by atoms with van der Waals surface area (Å²) in [6.45, 7) is 10.0. The van der Waals surface area contributed by atoms with E-state index in [0.29, 0.717) is 30.9 Å². The number of fused-ring (bicyclic) bond motifs is 5. The van der Waals surface area contributed by atoms with E-state index in [1.54, 1.807) is 0 Å². The zero-order valence-electron chi connectivity index (χ0n) is 32.1. The van der Waals surface area contributed by atoms with Crippen molar-refractivity contribution in [2.45, 2.75) is 65.0 Å². The third-order valence-electron chi connectivity index (χ3n) is 12.7. The molecule has 11 nitrogen and oxygen atoms in total. The highest BCUT2D eigenvalue weighted by molar-refractivity contribution is 6.04. The Morgan fingerprint density at radius 1 is 1.07 bits per heavy atom. The molecule has 4 aromatic rings. The minimum absolute atomic E-state index is 0.000373. The van der Waals surface area contributed by atoms with Crippen molar-refractivity contribution in [3.8, 4) is 47.3 Å². The number of likely N-dealkylation sites (tertiary alicyclic amines) is 1. The van der Waals surface area contributed by atoms with Gasteiger partial charge in [-0.2, -0.15) is 15.2 Å². The molecule has 2 bridgehead atoms. The highest BCUT2D eigenvalue weighted by Crippen LogP contribution is 2.51. The van der Waals surface area contributed by atoms with Gasteiger partial charge in [-0.05, 0) is 72.9 Å². The number of phenols is 1. The molecule has 2 aromatic heterocycles. The Labute approximate surface area is 324 Å². The smallest absolute Gasteiger partial charge is 0.319 e. The van der Waals surface area contributed by atoms with E-state index in [4.69, 9.17) is 20.9 Å². The lowest BCUT2D eigenvalue weighted by atomic mass is 9.80. The molecule has 290 valence electrons. The molecule has 2 saturated carbocycles. The minimum Gasteiger partial charge on any atom is -0.508 e. The molecule has 5 fully saturated rings. The molecule has 3 aliphatic heterocycles. The Hall–Kier alpha value is -5.27. The van der Waals surface area contributed by atoms with Gasteiger partial charge in [0.05, 0.1) is 25.3 Å². The van der Waals surface area contributed by atoms with Crippen LogP contribution in [0.3, 0.4) is 0 Å². The number of anilines is 1. The van der Waals surface area contributed by atoms with E-state index in [1.807, 2.05) is 30.6 Å². The first-order valence-corrected chi connectivity index (χ1v) is 19.5. The number of methoxy groups -OCH3 is 1. The van der Waals surface area contributed by atoms with Crippen molar-refractivity contribution in [3.05, 3.63) is 41.5 Å². The van der Waals surface area contributed by atoms with Crippen molar-refractivity contribution in [1.29, 1.82) is 5.26 Å². The monoisotopic (exact) mass is 761 g/mol. The van der Waals surface area contributed by atoms with Crippen LogP contribution in [-0.4, -0.2) is 94.3 Å². The molecule has 1 amide bonds. The molecule has 5 heterocycles. The van der Waals surface area contributed by atoms with Gasteiger partial charge in [-0.1, -0.05) is 32.8 Å². The first-order chi connectivity index (χ1) is 26.8. The molecule has 5 unspecified atom stereocenters. The van der Waals surface area contributed by atoms with E-state index in [1.165, 1.54) is 37.8 Å². The topological polar surface area (TPSA) is 128 Å². The van der Waals surface area contributed by atoms with E-state index < -0.39 is 23.0 Å². The van der Waals surface area contributed by atoms with Crippen molar-refractivity contribution >= 4 is 33.4 Å². The van der Waals surface area contributed by atoms with Crippen LogP contribution in [0.15, 0.2) is 24.3 Å². The van der Waals surface area contributed by atoms with Crippen LogP contribution < -0.4 is 14.4 Å². The van der Waals surface area contributed by atoms with Crippen LogP contribution in [0.4, 0.5) is 14.6 Å². The van der Waals surface area contributed by atoms with Crippen molar-refractivity contribution in [3.63, 3.8) is 0 Å². The number of aromatic hydroxyl groups is 1. The summed E-state index contributed by atoms with van der Waals surface area (Å²) in [5, 5.41) is 21.6. The van der Waals surface area contributed by atoms with Gasteiger partial charge >= 0.3 is 6.01 Å². The first kappa shape index (κ1) is 36.4. The Bertz CT molecular complexity index is 2360. The molecule has 2 aromatic carbocycles. The fourth-order valence-corrected chi connectivity index (χ4v) is 9.52. The summed E-state index contributed by atoms with van der Waals surface area (Å²) in [6, 6.07) is 7.25. The van der Waals surface area contributed by atoms with Crippen LogP contribution in [0.25, 0.3) is 32.9 Å². The second-order valence-electron chi connectivity index (χ2n) is 17.7. The third-order valence-corrected chi connectivity index (χ3v) is 12.7. The highest BCUT2D eigenvalue weighted by Gasteiger charge is 2.51. The number of nitriles is 1. The molecule has 56 heavy (non-hydrogen) atoms. The summed E-state index contributed by atoms with van der Waals surface area (Å²) in [5.74, 6) is 1.73. The lowest BCUT2D eigenvalue weighted by Crippen LogP contribution is -2.58. The van der Waals surface area contributed by atoms with Crippen LogP contribution >= 0.6 is 0 Å². The van der Waals surface area contributed by atoms with Crippen molar-refractivity contribution in [1.82, 2.24) is 24.8 Å². The number of piperidine rings is 1. The number of phenolic OH excluding ortho intramolecular Hbond substituents is 1. The number of nitrogens with zero attached hydrogens (tertiary/aromatic N) is 7. The van der Waals surface area contributed by atoms with Crippen LogP contribution in [0.2, 0.25) is 0 Å². The number of carbonyl (C=O) groups excluding carboxylic acids is 1. The van der Waals surface area contributed by atoms with Crippen LogP contribution in [0.5, 0.6) is 17.6 Å². The Kier molecular flexibility index (Phi) is 8.55. The quantitative estimate of drug-likeness (QED) is 0.194. The number of hydrogen-bond donors (Lipinski definition) is 1. The molecule has 13 heteroatoms. The number of piperazine rings is 1. The summed E-state index contributed by atoms with van der Waals surface area (Å²) in [4.78, 5) is 34.6. The Morgan fingerprint density at radius 2 is 1.79 bits per heavy atom. The lowest BCUT2D eigenvalue weighted by molar-refractivity contribution is -0.140. The van der Waals surface area contributed by atoms with Gasteiger partial charge in [0, 0.05) is 61.2 Å². The molecule has 5 atom stereocenters. The fraction of sp³-hybridized carbons (Fsp3) is 0.512. The van der Waals surface area contributed by atoms with Gasteiger partial charge in [0.1, 0.15) is 39.9 Å². The molecule has 3 saturated heterocycles. The van der Waals surface area contributed by atoms with Crippen molar-refractivity contribution < 1.29 is 28.2 Å². The number of aromatic nitrogens is 3. The number of ether oxygens (including phenoxy) is 2. The van der Waals surface area contributed by atoms with Crippen LogP contribution in [-0.2, 0) is 4.79 Å². The van der Waals surface area contributed by atoms with Crippen LogP contribution in [0.1, 0.15) is 58.4 Å². The first-order valence-electron chi connectivity index (χ1n) is 19.5. The number of pyridine rings is 1. The van der Waals surface area contributed by atoms with Crippen molar-refractivity contribution in [2.24, 2.45) is 28.6 Å². The lowest BCUT2D eigenvalue weighted by Gasteiger charge is -2.43. The van der Waals surface area contributed by atoms with Gasteiger partial charge in [-0.15, -0.1) is 6.42 Å². The number of benzene rings is 2. The molecule has 5 aliphatic rings. The molecule has 0 spiro atoms. The fourth-order valence-electron chi connectivity index (χ4n) is 9.52. The number of carbonyl (C=O) groups is 1. The number of halogens is 2. The summed E-state index contributed by atoms with van der Waals surface area (Å²) in [6.07, 6.45) is 10.6. The summed E-state index contributed by atoms with van der Waals surface area (Å²) >= 11 is 0. The molecule has 2 aliphatic carbocycles. The van der Waals surface area contributed by atoms with E-state index in [-0.39, 0.29) is 74.2 Å². The van der Waals surface area contributed by atoms with Gasteiger partial charge in [-0.3, -0.25) is 4.79 Å². The van der Waals surface area contributed by atoms with Gasteiger partial charge < -0.3 is 29.3 Å². The number of hydrogen-bond acceptors (Lipinski definition) is 10. The maximum Gasteiger partial charge on any atom is 0.319 e.